The highest BCUT2D eigenvalue weighted by Gasteiger charge is 2.19. The molecule has 0 saturated heterocycles. The van der Waals surface area contributed by atoms with E-state index in [2.05, 4.69) is 68.8 Å². The molecular weight excluding hydrogens is 385 g/mol. The van der Waals surface area contributed by atoms with Crippen LogP contribution in [0.5, 0.6) is 0 Å². The van der Waals surface area contributed by atoms with Crippen molar-refractivity contribution in [3.63, 3.8) is 0 Å². The summed E-state index contributed by atoms with van der Waals surface area (Å²) in [5, 5.41) is 0. The van der Waals surface area contributed by atoms with E-state index in [4.69, 9.17) is 0 Å². The fourth-order valence-corrected chi connectivity index (χ4v) is 3.75. The first kappa shape index (κ1) is 19.9. The minimum absolute atomic E-state index is 0.807. The molecule has 0 bridgehead atoms. The third kappa shape index (κ3) is 4.46. The quantitative estimate of drug-likeness (QED) is 0.299. The van der Waals surface area contributed by atoms with Gasteiger partial charge >= 0.3 is 0 Å². The Morgan fingerprint density at radius 3 is 0.500 bits per heavy atom. The normalized spacial score (nSPS) is 8.00. The smallest absolute Gasteiger partial charge is 0.0911 e. The van der Waals surface area contributed by atoms with Crippen LogP contribution >= 0.6 is 0 Å². The molecule has 1 aromatic rings. The maximum absolute atomic E-state index is 3.27. The number of hydrogen-bond donors (Lipinski definition) is 0. The molecular formula is C18H18Si6. The van der Waals surface area contributed by atoms with Gasteiger partial charge in [-0.2, -0.15) is 0 Å². The van der Waals surface area contributed by atoms with E-state index >= 15 is 0 Å². The zero-order valence-corrected chi connectivity index (χ0v) is 27.0. The van der Waals surface area contributed by atoms with Gasteiger partial charge in [0.05, 0.1) is 94.8 Å². The van der Waals surface area contributed by atoms with Crippen molar-refractivity contribution in [1.82, 2.24) is 0 Å². The van der Waals surface area contributed by atoms with E-state index in [1.807, 2.05) is 0 Å². The number of hydrogen-bond acceptors (Lipinski definition) is 0. The Morgan fingerprint density at radius 1 is 0.292 bits per heavy atom. The van der Waals surface area contributed by atoms with E-state index in [-0.39, 0.29) is 0 Å². The van der Waals surface area contributed by atoms with Crippen molar-refractivity contribution >= 4 is 61.5 Å². The van der Waals surface area contributed by atoms with Crippen molar-refractivity contribution in [1.29, 1.82) is 0 Å². The lowest BCUT2D eigenvalue weighted by Gasteiger charge is -2.12. The zero-order chi connectivity index (χ0) is 17.9. The molecule has 0 aromatic heterocycles. The Kier molecular flexibility index (Phi) is 8.82. The minimum atomic E-state index is 0.807. The summed E-state index contributed by atoms with van der Waals surface area (Å²) in [6.45, 7) is 0. The molecule has 0 amide bonds. The first-order valence-electron chi connectivity index (χ1n) is 7.50. The molecule has 0 unspecified atom stereocenters. The molecule has 0 N–H and O–H groups in total. The van der Waals surface area contributed by atoms with Crippen LogP contribution in [-0.4, -0.2) is 61.5 Å². The molecule has 1 aromatic carbocycles. The van der Waals surface area contributed by atoms with Crippen molar-refractivity contribution in [2.45, 2.75) is 0 Å². The third-order valence-electron chi connectivity index (χ3n) is 3.00. The maximum atomic E-state index is 3.27. The van der Waals surface area contributed by atoms with Crippen LogP contribution in [0.4, 0.5) is 0 Å². The van der Waals surface area contributed by atoms with Crippen molar-refractivity contribution in [2.75, 3.05) is 0 Å². The lowest BCUT2D eigenvalue weighted by molar-refractivity contribution is 1.44. The average molecular weight is 403 g/mol. The lowest BCUT2D eigenvalue weighted by Crippen LogP contribution is -2.05. The highest BCUT2D eigenvalue weighted by Crippen LogP contribution is 2.26. The molecule has 0 atom stereocenters. The second-order valence-electron chi connectivity index (χ2n) is 4.50. The Labute approximate surface area is 163 Å². The van der Waals surface area contributed by atoms with Gasteiger partial charge in [-0.15, -0.1) is 33.3 Å². The fourth-order valence-electron chi connectivity index (χ4n) is 2.25. The topological polar surface area (TPSA) is 0 Å². The Balaban J connectivity index is 4.39. The van der Waals surface area contributed by atoms with E-state index in [1.165, 1.54) is 0 Å². The Bertz CT molecular complexity index is 799. The van der Waals surface area contributed by atoms with Crippen LogP contribution in [0.3, 0.4) is 0 Å². The van der Waals surface area contributed by atoms with Gasteiger partial charge in [-0.05, 0) is 0 Å². The molecule has 0 aliphatic heterocycles. The van der Waals surface area contributed by atoms with Crippen LogP contribution in [0, 0.1) is 68.8 Å². The van der Waals surface area contributed by atoms with Crippen LogP contribution in [0.1, 0.15) is 33.4 Å². The minimum Gasteiger partial charge on any atom is -0.138 e. The predicted molar refractivity (Wildman–Crippen MR) is 127 cm³/mol. The van der Waals surface area contributed by atoms with Gasteiger partial charge < -0.3 is 0 Å². The second-order valence-corrected chi connectivity index (χ2v) is 7.50. The first-order chi connectivity index (χ1) is 11.7. The SMILES string of the molecule is [SiH3]C#Cc1c(C#C[SiH3])c(C#C[SiH3])c(C#C[SiH3])c(C#C[SiH3])c1C#C[SiH3]. The molecule has 0 heterocycles. The van der Waals surface area contributed by atoms with Gasteiger partial charge in [0.15, 0.2) is 0 Å². The maximum Gasteiger partial charge on any atom is 0.0911 e. The summed E-state index contributed by atoms with van der Waals surface area (Å²) in [5.74, 6) is 19.6. The van der Waals surface area contributed by atoms with E-state index < -0.39 is 0 Å². The summed E-state index contributed by atoms with van der Waals surface area (Å²) in [4.78, 5) is 0. The molecule has 0 nitrogen and oxygen atoms in total. The summed E-state index contributed by atoms with van der Waals surface area (Å²) in [7, 11) is 4.84. The van der Waals surface area contributed by atoms with Gasteiger partial charge in [-0.25, -0.2) is 0 Å². The summed E-state index contributed by atoms with van der Waals surface area (Å²) >= 11 is 0. The lowest BCUT2D eigenvalue weighted by atomic mass is 9.87. The molecule has 24 heavy (non-hydrogen) atoms. The first-order valence-corrected chi connectivity index (χ1v) is 13.5. The van der Waals surface area contributed by atoms with E-state index in [9.17, 15) is 0 Å². The second kappa shape index (κ2) is 10.6. The predicted octanol–water partition coefficient (Wildman–Crippen LogP) is -6.27. The number of benzene rings is 1. The monoisotopic (exact) mass is 402 g/mol. The molecule has 114 valence electrons. The van der Waals surface area contributed by atoms with Gasteiger partial charge in [0.1, 0.15) is 0 Å². The van der Waals surface area contributed by atoms with E-state index in [0.717, 1.165) is 94.8 Å². The van der Waals surface area contributed by atoms with Crippen molar-refractivity contribution in [2.24, 2.45) is 0 Å². The molecule has 6 heteroatoms. The summed E-state index contributed by atoms with van der Waals surface area (Å²) in [6, 6.07) is 0. The molecule has 0 fully saturated rings. The Hall–Kier alpha value is -2.12. The summed E-state index contributed by atoms with van der Waals surface area (Å²) in [5.41, 5.74) is 24.2. The van der Waals surface area contributed by atoms with Crippen molar-refractivity contribution in [3.05, 3.63) is 33.4 Å². The standard InChI is InChI=1S/C18H18Si6/c19-7-1-13-14(2-8-20)16(4-10-22)18(6-12-24)17(5-11-23)15(13)3-9-21/h19-24H3. The van der Waals surface area contributed by atoms with Crippen molar-refractivity contribution in [3.8, 4) is 68.8 Å². The van der Waals surface area contributed by atoms with Gasteiger partial charge in [0.25, 0.3) is 0 Å². The average Bonchev–Trinajstić information content (AvgIpc) is 2.57. The zero-order valence-electron chi connectivity index (χ0n) is 15.0. The highest BCUT2D eigenvalue weighted by molar-refractivity contribution is 6.24. The molecule has 0 aliphatic rings. The number of rotatable bonds is 0. The molecule has 1 rings (SSSR count). The molecule has 0 saturated carbocycles. The molecule has 0 spiro atoms. The van der Waals surface area contributed by atoms with Crippen LogP contribution in [0.15, 0.2) is 0 Å². The van der Waals surface area contributed by atoms with Crippen LogP contribution in [0.2, 0.25) is 0 Å². The fraction of sp³-hybridized carbons (Fsp3) is 0. The van der Waals surface area contributed by atoms with Crippen LogP contribution in [0.25, 0.3) is 0 Å². The van der Waals surface area contributed by atoms with Gasteiger partial charge in [-0.3, -0.25) is 0 Å². The molecule has 0 radical (unpaired) electrons. The third-order valence-corrected chi connectivity index (χ3v) is 4.50. The summed E-state index contributed by atoms with van der Waals surface area (Å²) < 4.78 is 0. The highest BCUT2D eigenvalue weighted by atomic mass is 28.2. The van der Waals surface area contributed by atoms with E-state index in [1.54, 1.807) is 0 Å². The molecule has 0 aliphatic carbocycles. The largest absolute Gasteiger partial charge is 0.138 e. The van der Waals surface area contributed by atoms with Gasteiger partial charge in [0.2, 0.25) is 0 Å². The Morgan fingerprint density at radius 2 is 0.417 bits per heavy atom. The van der Waals surface area contributed by atoms with E-state index in [0.29, 0.717) is 0 Å². The van der Waals surface area contributed by atoms with Gasteiger partial charge in [0, 0.05) is 0 Å². The van der Waals surface area contributed by atoms with Crippen molar-refractivity contribution < 1.29 is 0 Å². The van der Waals surface area contributed by atoms with Crippen LogP contribution in [-0.2, 0) is 0 Å². The summed E-state index contributed by atoms with van der Waals surface area (Å²) in [6.07, 6.45) is 0. The van der Waals surface area contributed by atoms with Gasteiger partial charge in [-0.1, -0.05) is 35.5 Å². The van der Waals surface area contributed by atoms with Crippen LogP contribution < -0.4 is 0 Å².